The van der Waals surface area contributed by atoms with Crippen LogP contribution in [0.25, 0.3) is 0 Å². The van der Waals surface area contributed by atoms with Crippen molar-refractivity contribution in [2.24, 2.45) is 0 Å². The molecule has 0 saturated heterocycles. The zero-order valence-electron chi connectivity index (χ0n) is 12.8. The largest absolute Gasteiger partial charge is 0.480 e. The molecule has 0 spiro atoms. The van der Waals surface area contributed by atoms with E-state index in [1.807, 2.05) is 13.8 Å². The molecular formula is C16H22F3NO2. The molecule has 0 aliphatic heterocycles. The minimum atomic E-state index is -4.34. The van der Waals surface area contributed by atoms with Crippen molar-refractivity contribution in [3.05, 3.63) is 35.4 Å². The highest BCUT2D eigenvalue weighted by Gasteiger charge is 2.30. The van der Waals surface area contributed by atoms with Gasteiger partial charge in [-0.25, -0.2) is 0 Å². The molecule has 0 aromatic heterocycles. The first-order chi connectivity index (χ1) is 10.2. The van der Waals surface area contributed by atoms with E-state index in [4.69, 9.17) is 5.11 Å². The van der Waals surface area contributed by atoms with E-state index in [-0.39, 0.29) is 6.04 Å². The number of hydrogen-bond acceptors (Lipinski definition) is 2. The molecule has 124 valence electrons. The van der Waals surface area contributed by atoms with Crippen LogP contribution in [0.3, 0.4) is 0 Å². The third-order valence-corrected chi connectivity index (χ3v) is 3.45. The zero-order valence-corrected chi connectivity index (χ0v) is 12.8. The number of carboxylic acid groups (broad SMARTS) is 1. The van der Waals surface area contributed by atoms with Crippen LogP contribution in [0.1, 0.15) is 44.2 Å². The highest BCUT2D eigenvalue weighted by molar-refractivity contribution is 5.73. The Balaban J connectivity index is 2.60. The molecule has 0 aliphatic rings. The van der Waals surface area contributed by atoms with E-state index < -0.39 is 23.8 Å². The molecule has 0 amide bonds. The second kappa shape index (κ2) is 8.17. The van der Waals surface area contributed by atoms with E-state index in [0.717, 1.165) is 30.5 Å². The number of rotatable bonds is 8. The third kappa shape index (κ3) is 6.05. The standard InChI is InChI=1S/C16H22F3NO2/c1-3-4-5-14(15(21)22)20-11(2)10-12-6-8-13(9-7-12)16(17,18)19/h6-9,11,14,20H,3-5,10H2,1-2H3,(H,21,22)/t11?,14-/m0/s1. The van der Waals surface area contributed by atoms with Crippen LogP contribution in [0.5, 0.6) is 0 Å². The number of aliphatic carboxylic acids is 1. The number of carboxylic acids is 1. The van der Waals surface area contributed by atoms with E-state index in [2.05, 4.69) is 5.32 Å². The van der Waals surface area contributed by atoms with Gasteiger partial charge in [0.25, 0.3) is 0 Å². The summed E-state index contributed by atoms with van der Waals surface area (Å²) in [5, 5.41) is 12.2. The van der Waals surface area contributed by atoms with Crippen molar-refractivity contribution in [3.8, 4) is 0 Å². The van der Waals surface area contributed by atoms with Gasteiger partial charge in [0.2, 0.25) is 0 Å². The average Bonchev–Trinajstić information content (AvgIpc) is 2.42. The molecule has 1 aromatic carbocycles. The molecule has 1 aromatic rings. The summed E-state index contributed by atoms with van der Waals surface area (Å²) in [7, 11) is 0. The summed E-state index contributed by atoms with van der Waals surface area (Å²) in [6.07, 6.45) is -1.58. The fourth-order valence-electron chi connectivity index (χ4n) is 2.27. The van der Waals surface area contributed by atoms with Crippen LogP contribution in [0.2, 0.25) is 0 Å². The van der Waals surface area contributed by atoms with E-state index in [1.165, 1.54) is 12.1 Å². The van der Waals surface area contributed by atoms with Crippen molar-refractivity contribution in [1.29, 1.82) is 0 Å². The minimum Gasteiger partial charge on any atom is -0.480 e. The lowest BCUT2D eigenvalue weighted by atomic mass is 10.0. The Bertz CT molecular complexity index is 471. The first kappa shape index (κ1) is 18.5. The molecule has 2 atom stereocenters. The first-order valence-electron chi connectivity index (χ1n) is 7.39. The molecule has 3 nitrogen and oxygen atoms in total. The second-order valence-corrected chi connectivity index (χ2v) is 5.50. The number of halogens is 3. The quantitative estimate of drug-likeness (QED) is 0.765. The van der Waals surface area contributed by atoms with Crippen molar-refractivity contribution in [2.45, 2.75) is 57.8 Å². The fraction of sp³-hybridized carbons (Fsp3) is 0.562. The Hall–Kier alpha value is -1.56. The predicted octanol–water partition coefficient (Wildman–Crippen LogP) is 3.87. The van der Waals surface area contributed by atoms with Crippen molar-refractivity contribution in [3.63, 3.8) is 0 Å². The average molecular weight is 317 g/mol. The number of alkyl halides is 3. The molecule has 1 rings (SSSR count). The molecule has 0 heterocycles. The summed E-state index contributed by atoms with van der Waals surface area (Å²) in [6.45, 7) is 3.82. The SMILES string of the molecule is CCCC[C@H](NC(C)Cc1ccc(C(F)(F)F)cc1)C(=O)O. The topological polar surface area (TPSA) is 49.3 Å². The molecule has 1 unspecified atom stereocenters. The van der Waals surface area contributed by atoms with Gasteiger partial charge in [-0.15, -0.1) is 0 Å². The Morgan fingerprint density at radius 1 is 1.27 bits per heavy atom. The molecule has 0 saturated carbocycles. The van der Waals surface area contributed by atoms with E-state index >= 15 is 0 Å². The van der Waals surface area contributed by atoms with Gasteiger partial charge in [0.15, 0.2) is 0 Å². The second-order valence-electron chi connectivity index (χ2n) is 5.50. The van der Waals surface area contributed by atoms with Gasteiger partial charge < -0.3 is 10.4 Å². The minimum absolute atomic E-state index is 0.130. The van der Waals surface area contributed by atoms with Gasteiger partial charge in [0, 0.05) is 6.04 Å². The third-order valence-electron chi connectivity index (χ3n) is 3.45. The van der Waals surface area contributed by atoms with E-state index in [0.29, 0.717) is 12.8 Å². The maximum atomic E-state index is 12.5. The lowest BCUT2D eigenvalue weighted by Gasteiger charge is -2.20. The van der Waals surface area contributed by atoms with Crippen LogP contribution in [0.4, 0.5) is 13.2 Å². The van der Waals surface area contributed by atoms with Crippen LogP contribution < -0.4 is 5.32 Å². The molecule has 2 N–H and O–H groups in total. The molecular weight excluding hydrogens is 295 g/mol. The number of benzene rings is 1. The zero-order chi connectivity index (χ0) is 16.8. The van der Waals surface area contributed by atoms with Gasteiger partial charge in [-0.3, -0.25) is 4.79 Å². The van der Waals surface area contributed by atoms with Crippen molar-refractivity contribution in [1.82, 2.24) is 5.32 Å². The Labute approximate surface area is 128 Å². The summed E-state index contributed by atoms with van der Waals surface area (Å²) >= 11 is 0. The Morgan fingerprint density at radius 3 is 2.32 bits per heavy atom. The van der Waals surface area contributed by atoms with Gasteiger partial charge in [0.05, 0.1) is 5.56 Å². The maximum Gasteiger partial charge on any atom is 0.416 e. The normalized spacial score (nSPS) is 14.6. The summed E-state index contributed by atoms with van der Waals surface area (Å²) in [5.74, 6) is -0.896. The van der Waals surface area contributed by atoms with Crippen LogP contribution in [-0.2, 0) is 17.4 Å². The molecule has 0 fully saturated rings. The number of unbranched alkanes of at least 4 members (excludes halogenated alkanes) is 1. The predicted molar refractivity (Wildman–Crippen MR) is 78.7 cm³/mol. The molecule has 6 heteroatoms. The molecule has 22 heavy (non-hydrogen) atoms. The van der Waals surface area contributed by atoms with Gasteiger partial charge in [-0.1, -0.05) is 31.9 Å². The summed E-state index contributed by atoms with van der Waals surface area (Å²) in [4.78, 5) is 11.2. The lowest BCUT2D eigenvalue weighted by molar-refractivity contribution is -0.140. The Morgan fingerprint density at radius 2 is 1.86 bits per heavy atom. The van der Waals surface area contributed by atoms with Crippen LogP contribution in [0, 0.1) is 0 Å². The lowest BCUT2D eigenvalue weighted by Crippen LogP contribution is -2.42. The van der Waals surface area contributed by atoms with Crippen molar-refractivity contribution < 1.29 is 23.1 Å². The van der Waals surface area contributed by atoms with Gasteiger partial charge in [-0.2, -0.15) is 13.2 Å². The fourth-order valence-corrected chi connectivity index (χ4v) is 2.27. The number of nitrogens with one attached hydrogen (secondary N) is 1. The smallest absolute Gasteiger partial charge is 0.416 e. The Kier molecular flexibility index (Phi) is 6.87. The highest BCUT2D eigenvalue weighted by atomic mass is 19.4. The van der Waals surface area contributed by atoms with Crippen LogP contribution in [-0.4, -0.2) is 23.2 Å². The molecule has 0 aliphatic carbocycles. The highest BCUT2D eigenvalue weighted by Crippen LogP contribution is 2.29. The van der Waals surface area contributed by atoms with Crippen molar-refractivity contribution in [2.75, 3.05) is 0 Å². The summed E-state index contributed by atoms with van der Waals surface area (Å²) in [5.41, 5.74) is 0.0656. The summed E-state index contributed by atoms with van der Waals surface area (Å²) in [6, 6.07) is 4.21. The van der Waals surface area contributed by atoms with Crippen LogP contribution >= 0.6 is 0 Å². The van der Waals surface area contributed by atoms with Gasteiger partial charge in [-0.05, 0) is 37.5 Å². The number of carbonyl (C=O) groups is 1. The van der Waals surface area contributed by atoms with Crippen molar-refractivity contribution >= 4 is 5.97 Å². The van der Waals surface area contributed by atoms with Crippen LogP contribution in [0.15, 0.2) is 24.3 Å². The summed E-state index contributed by atoms with van der Waals surface area (Å²) < 4.78 is 37.5. The number of hydrogen-bond donors (Lipinski definition) is 2. The van der Waals surface area contributed by atoms with E-state index in [9.17, 15) is 18.0 Å². The van der Waals surface area contributed by atoms with E-state index in [1.54, 1.807) is 0 Å². The molecule has 0 radical (unpaired) electrons. The van der Waals surface area contributed by atoms with Gasteiger partial charge in [0.1, 0.15) is 6.04 Å². The molecule has 0 bridgehead atoms. The first-order valence-corrected chi connectivity index (χ1v) is 7.39. The van der Waals surface area contributed by atoms with Gasteiger partial charge >= 0.3 is 12.1 Å². The monoisotopic (exact) mass is 317 g/mol. The maximum absolute atomic E-state index is 12.5.